The smallest absolute Gasteiger partial charge is 0.125 e. The van der Waals surface area contributed by atoms with Crippen molar-refractivity contribution in [2.24, 2.45) is 11.8 Å². The van der Waals surface area contributed by atoms with E-state index in [9.17, 15) is 4.39 Å². The van der Waals surface area contributed by atoms with Gasteiger partial charge in [-0.3, -0.25) is 0 Å². The van der Waals surface area contributed by atoms with Gasteiger partial charge >= 0.3 is 0 Å². The molecule has 1 fully saturated rings. The molecule has 1 aromatic carbocycles. The summed E-state index contributed by atoms with van der Waals surface area (Å²) in [6.45, 7) is 2.60. The summed E-state index contributed by atoms with van der Waals surface area (Å²) in [5.41, 5.74) is 0.985. The summed E-state index contributed by atoms with van der Waals surface area (Å²) < 4.78 is 13.1. The highest BCUT2D eigenvalue weighted by Gasteiger charge is 2.19. The Bertz CT molecular complexity index is 351. The predicted molar refractivity (Wildman–Crippen MR) is 66.1 cm³/mol. The van der Waals surface area contributed by atoms with Crippen LogP contribution in [0.5, 0.6) is 0 Å². The fourth-order valence-corrected chi connectivity index (χ4v) is 2.39. The van der Waals surface area contributed by atoms with Gasteiger partial charge in [-0.2, -0.15) is 0 Å². The summed E-state index contributed by atoms with van der Waals surface area (Å²) in [6, 6.07) is 6.81. The van der Waals surface area contributed by atoms with Crippen LogP contribution in [0.15, 0.2) is 24.3 Å². The average molecular weight is 238 g/mol. The number of piperidine rings is 1. The van der Waals surface area contributed by atoms with Crippen molar-refractivity contribution in [3.05, 3.63) is 30.1 Å². The molecule has 1 aliphatic heterocycles. The molecule has 2 rings (SSSR count). The predicted octanol–water partition coefficient (Wildman–Crippen LogP) is 2.32. The Kier molecular flexibility index (Phi) is 4.34. The molecule has 1 saturated heterocycles. The molecular formula is C13H19FN2O. The second-order valence-electron chi connectivity index (χ2n) is 4.57. The maximum absolute atomic E-state index is 13.1. The number of nitrogens with zero attached hydrogens (tertiary/aromatic N) is 1. The number of anilines is 1. The van der Waals surface area contributed by atoms with Gasteiger partial charge in [0.05, 0.1) is 6.61 Å². The Hall–Kier alpha value is -1.13. The van der Waals surface area contributed by atoms with E-state index in [1.807, 2.05) is 6.07 Å². The highest BCUT2D eigenvalue weighted by molar-refractivity contribution is 5.46. The number of hydrogen-bond acceptors (Lipinski definition) is 3. The molecule has 1 aromatic rings. The minimum Gasteiger partial charge on any atom is -0.371 e. The van der Waals surface area contributed by atoms with E-state index >= 15 is 0 Å². The molecule has 0 spiro atoms. The van der Waals surface area contributed by atoms with Crippen LogP contribution in [0.1, 0.15) is 19.3 Å². The number of benzene rings is 1. The molecule has 1 aliphatic rings. The largest absolute Gasteiger partial charge is 0.371 e. The van der Waals surface area contributed by atoms with Crippen molar-refractivity contribution in [2.75, 3.05) is 24.6 Å². The van der Waals surface area contributed by atoms with Gasteiger partial charge in [0.15, 0.2) is 0 Å². The van der Waals surface area contributed by atoms with Crippen molar-refractivity contribution in [3.8, 4) is 0 Å². The number of nitrogens with two attached hydrogens (primary N) is 1. The quantitative estimate of drug-likeness (QED) is 0.818. The second-order valence-corrected chi connectivity index (χ2v) is 4.57. The first-order valence-electron chi connectivity index (χ1n) is 6.12. The summed E-state index contributed by atoms with van der Waals surface area (Å²) in [5.74, 6) is 5.55. The molecule has 2 N–H and O–H groups in total. The zero-order chi connectivity index (χ0) is 12.1. The Morgan fingerprint density at radius 3 is 2.76 bits per heavy atom. The maximum atomic E-state index is 13.1. The van der Waals surface area contributed by atoms with E-state index in [4.69, 9.17) is 5.90 Å². The molecule has 17 heavy (non-hydrogen) atoms. The summed E-state index contributed by atoms with van der Waals surface area (Å²) >= 11 is 0. The molecule has 0 aromatic heterocycles. The van der Waals surface area contributed by atoms with Crippen molar-refractivity contribution >= 4 is 5.69 Å². The first kappa shape index (κ1) is 12.3. The van der Waals surface area contributed by atoms with Crippen molar-refractivity contribution < 1.29 is 9.23 Å². The van der Waals surface area contributed by atoms with Crippen LogP contribution in [0.3, 0.4) is 0 Å². The molecule has 4 heteroatoms. The van der Waals surface area contributed by atoms with Crippen LogP contribution in [-0.2, 0) is 4.84 Å². The lowest BCUT2D eigenvalue weighted by molar-refractivity contribution is 0.118. The first-order chi connectivity index (χ1) is 8.29. The monoisotopic (exact) mass is 238 g/mol. The van der Waals surface area contributed by atoms with Crippen LogP contribution < -0.4 is 10.8 Å². The summed E-state index contributed by atoms with van der Waals surface area (Å²) in [6.07, 6.45) is 3.27. The summed E-state index contributed by atoms with van der Waals surface area (Å²) in [4.78, 5) is 6.85. The van der Waals surface area contributed by atoms with E-state index in [1.165, 1.54) is 6.07 Å². The van der Waals surface area contributed by atoms with Crippen molar-refractivity contribution in [1.82, 2.24) is 0 Å². The normalized spacial score (nSPS) is 17.4. The lowest BCUT2D eigenvalue weighted by atomic mass is 9.93. The molecule has 0 aliphatic carbocycles. The van der Waals surface area contributed by atoms with Crippen LogP contribution in [0.4, 0.5) is 10.1 Å². The number of hydrogen-bond donors (Lipinski definition) is 1. The third-order valence-electron chi connectivity index (χ3n) is 3.43. The van der Waals surface area contributed by atoms with Crippen LogP contribution in [-0.4, -0.2) is 19.7 Å². The fourth-order valence-electron chi connectivity index (χ4n) is 2.39. The van der Waals surface area contributed by atoms with E-state index in [-0.39, 0.29) is 5.82 Å². The Labute approximate surface area is 101 Å². The lowest BCUT2D eigenvalue weighted by Crippen LogP contribution is -2.34. The van der Waals surface area contributed by atoms with Gasteiger partial charge in [-0.1, -0.05) is 6.07 Å². The highest BCUT2D eigenvalue weighted by atomic mass is 19.1. The third-order valence-corrected chi connectivity index (χ3v) is 3.43. The van der Waals surface area contributed by atoms with Crippen molar-refractivity contribution in [1.29, 1.82) is 0 Å². The average Bonchev–Trinajstić information content (AvgIpc) is 2.37. The molecule has 94 valence electrons. The Balaban J connectivity index is 1.86. The molecule has 0 unspecified atom stereocenters. The van der Waals surface area contributed by atoms with Gasteiger partial charge in [0.25, 0.3) is 0 Å². The number of halogens is 1. The molecule has 0 radical (unpaired) electrons. The van der Waals surface area contributed by atoms with E-state index in [0.29, 0.717) is 12.5 Å². The first-order valence-corrected chi connectivity index (χ1v) is 6.12. The van der Waals surface area contributed by atoms with Gasteiger partial charge in [-0.15, -0.1) is 0 Å². The molecule has 3 nitrogen and oxygen atoms in total. The van der Waals surface area contributed by atoms with Crippen LogP contribution in [0.25, 0.3) is 0 Å². The van der Waals surface area contributed by atoms with E-state index in [0.717, 1.165) is 38.0 Å². The maximum Gasteiger partial charge on any atom is 0.125 e. The SMILES string of the molecule is NOCCC1CCN(c2cccc(F)c2)CC1. The summed E-state index contributed by atoms with van der Waals surface area (Å²) in [5, 5.41) is 0. The zero-order valence-corrected chi connectivity index (χ0v) is 9.94. The van der Waals surface area contributed by atoms with Crippen LogP contribution >= 0.6 is 0 Å². The lowest BCUT2D eigenvalue weighted by Gasteiger charge is -2.33. The zero-order valence-electron chi connectivity index (χ0n) is 9.94. The van der Waals surface area contributed by atoms with Gasteiger partial charge in [0.2, 0.25) is 0 Å². The van der Waals surface area contributed by atoms with Gasteiger partial charge in [-0.05, 0) is 43.4 Å². The van der Waals surface area contributed by atoms with E-state index < -0.39 is 0 Å². The Morgan fingerprint density at radius 1 is 1.35 bits per heavy atom. The standard InChI is InChI=1S/C13H19FN2O/c14-12-2-1-3-13(10-12)16-7-4-11(5-8-16)6-9-17-15/h1-3,10-11H,4-9,15H2. The molecule has 0 bridgehead atoms. The fraction of sp³-hybridized carbons (Fsp3) is 0.538. The highest BCUT2D eigenvalue weighted by Crippen LogP contribution is 2.25. The molecule has 0 saturated carbocycles. The topological polar surface area (TPSA) is 38.5 Å². The minimum atomic E-state index is -0.166. The van der Waals surface area contributed by atoms with Gasteiger partial charge in [0, 0.05) is 18.8 Å². The molecule has 1 heterocycles. The molecule has 0 atom stereocenters. The van der Waals surface area contributed by atoms with Gasteiger partial charge in [-0.25, -0.2) is 10.3 Å². The summed E-state index contributed by atoms with van der Waals surface area (Å²) in [7, 11) is 0. The van der Waals surface area contributed by atoms with E-state index in [1.54, 1.807) is 12.1 Å². The second kappa shape index (κ2) is 5.98. The van der Waals surface area contributed by atoms with Crippen molar-refractivity contribution in [3.63, 3.8) is 0 Å². The number of rotatable bonds is 4. The van der Waals surface area contributed by atoms with Gasteiger partial charge in [0.1, 0.15) is 5.82 Å². The van der Waals surface area contributed by atoms with E-state index in [2.05, 4.69) is 9.74 Å². The van der Waals surface area contributed by atoms with Gasteiger partial charge < -0.3 is 9.74 Å². The molecule has 0 amide bonds. The van der Waals surface area contributed by atoms with Crippen molar-refractivity contribution in [2.45, 2.75) is 19.3 Å². The minimum absolute atomic E-state index is 0.166. The molecular weight excluding hydrogens is 219 g/mol. The van der Waals surface area contributed by atoms with Crippen LogP contribution in [0.2, 0.25) is 0 Å². The third kappa shape index (κ3) is 3.41. The Morgan fingerprint density at radius 2 is 2.12 bits per heavy atom. The van der Waals surface area contributed by atoms with Crippen LogP contribution in [0, 0.1) is 11.7 Å².